The monoisotopic (exact) mass is 338 g/mol. The molecule has 0 atom stereocenters. The van der Waals surface area contributed by atoms with E-state index in [-0.39, 0.29) is 17.3 Å². The molecule has 2 rings (SSSR count). The van der Waals surface area contributed by atoms with Crippen molar-refractivity contribution in [2.45, 2.75) is 11.8 Å². The largest absolute Gasteiger partial charge is 0.497 e. The molecule has 0 aromatic heterocycles. The van der Waals surface area contributed by atoms with Gasteiger partial charge in [0.2, 0.25) is 5.91 Å². The molecule has 0 spiro atoms. The van der Waals surface area contributed by atoms with Crippen LogP contribution >= 0.6 is 0 Å². The first-order valence-electron chi connectivity index (χ1n) is 6.56. The number of hydrogen-bond acceptors (Lipinski definition) is 4. The summed E-state index contributed by atoms with van der Waals surface area (Å²) in [7, 11) is -2.74. The van der Waals surface area contributed by atoms with Crippen molar-refractivity contribution in [3.8, 4) is 5.75 Å². The van der Waals surface area contributed by atoms with E-state index in [0.717, 1.165) is 12.1 Å². The Kier molecular flexibility index (Phi) is 4.85. The molecule has 8 heteroatoms. The number of ether oxygens (including phenoxy) is 1. The van der Waals surface area contributed by atoms with Gasteiger partial charge in [0.1, 0.15) is 16.5 Å². The number of methoxy groups -OCH3 is 1. The van der Waals surface area contributed by atoms with Gasteiger partial charge in [-0.2, -0.15) is 0 Å². The topological polar surface area (TPSA) is 84.5 Å². The van der Waals surface area contributed by atoms with Gasteiger partial charge in [-0.1, -0.05) is 12.1 Å². The van der Waals surface area contributed by atoms with Crippen LogP contribution in [0, 0.1) is 5.82 Å². The molecule has 122 valence electrons. The number of carbonyl (C=O) groups is 1. The molecule has 0 saturated heterocycles. The highest BCUT2D eigenvalue weighted by Gasteiger charge is 2.20. The average molecular weight is 338 g/mol. The number of nitrogens with one attached hydrogen (secondary N) is 2. The molecule has 0 bridgehead atoms. The number of rotatable bonds is 5. The Morgan fingerprint density at radius 1 is 1.13 bits per heavy atom. The van der Waals surface area contributed by atoms with Crippen molar-refractivity contribution in [2.75, 3.05) is 17.1 Å². The summed E-state index contributed by atoms with van der Waals surface area (Å²) in [6, 6.07) is 9.45. The third-order valence-electron chi connectivity index (χ3n) is 2.91. The molecule has 0 heterocycles. The zero-order valence-electron chi connectivity index (χ0n) is 12.5. The predicted molar refractivity (Wildman–Crippen MR) is 84.5 cm³/mol. The van der Waals surface area contributed by atoms with Gasteiger partial charge >= 0.3 is 0 Å². The van der Waals surface area contributed by atoms with Gasteiger partial charge in [-0.15, -0.1) is 0 Å². The Morgan fingerprint density at radius 2 is 1.83 bits per heavy atom. The lowest BCUT2D eigenvalue weighted by molar-refractivity contribution is -0.114. The fraction of sp³-hybridized carbons (Fsp3) is 0.133. The molecule has 0 aliphatic carbocycles. The number of amides is 1. The maximum atomic E-state index is 13.7. The van der Waals surface area contributed by atoms with Crippen LogP contribution in [-0.2, 0) is 14.8 Å². The van der Waals surface area contributed by atoms with Gasteiger partial charge in [-0.05, 0) is 24.3 Å². The number of halogens is 1. The SMILES string of the molecule is COc1ccc(NC(C)=O)c(NS(=O)(=O)c2ccccc2F)c1. The fourth-order valence-electron chi connectivity index (χ4n) is 1.90. The van der Waals surface area contributed by atoms with Crippen LogP contribution in [0.5, 0.6) is 5.75 Å². The van der Waals surface area contributed by atoms with E-state index in [1.54, 1.807) is 6.07 Å². The van der Waals surface area contributed by atoms with E-state index in [0.29, 0.717) is 5.75 Å². The summed E-state index contributed by atoms with van der Waals surface area (Å²) in [5, 5.41) is 2.50. The number of carbonyl (C=O) groups excluding carboxylic acids is 1. The van der Waals surface area contributed by atoms with Crippen LogP contribution in [-0.4, -0.2) is 21.4 Å². The van der Waals surface area contributed by atoms with Gasteiger partial charge in [0.15, 0.2) is 0 Å². The van der Waals surface area contributed by atoms with Crippen molar-refractivity contribution >= 4 is 27.3 Å². The third-order valence-corrected chi connectivity index (χ3v) is 4.31. The van der Waals surface area contributed by atoms with E-state index in [9.17, 15) is 17.6 Å². The maximum absolute atomic E-state index is 13.7. The highest BCUT2D eigenvalue weighted by atomic mass is 32.2. The van der Waals surface area contributed by atoms with E-state index in [4.69, 9.17) is 4.74 Å². The third kappa shape index (κ3) is 3.98. The molecule has 6 nitrogen and oxygen atoms in total. The first kappa shape index (κ1) is 16.8. The normalized spacial score (nSPS) is 10.9. The van der Waals surface area contributed by atoms with Crippen LogP contribution in [0.25, 0.3) is 0 Å². The molecular formula is C15H15FN2O4S. The molecule has 0 aliphatic rings. The summed E-state index contributed by atoms with van der Waals surface area (Å²) >= 11 is 0. The highest BCUT2D eigenvalue weighted by molar-refractivity contribution is 7.92. The van der Waals surface area contributed by atoms with Gasteiger partial charge < -0.3 is 10.1 Å². The Labute approximate surface area is 133 Å². The molecule has 1 amide bonds. The van der Waals surface area contributed by atoms with Crippen molar-refractivity contribution in [1.82, 2.24) is 0 Å². The lowest BCUT2D eigenvalue weighted by atomic mass is 10.2. The van der Waals surface area contributed by atoms with Gasteiger partial charge in [-0.3, -0.25) is 9.52 Å². The second-order valence-electron chi connectivity index (χ2n) is 4.63. The highest BCUT2D eigenvalue weighted by Crippen LogP contribution is 2.29. The minimum absolute atomic E-state index is 0.0720. The second kappa shape index (κ2) is 6.66. The van der Waals surface area contributed by atoms with Gasteiger partial charge in [-0.25, -0.2) is 12.8 Å². The minimum Gasteiger partial charge on any atom is -0.497 e. The van der Waals surface area contributed by atoms with Crippen molar-refractivity contribution in [1.29, 1.82) is 0 Å². The fourth-order valence-corrected chi connectivity index (χ4v) is 3.05. The Hall–Kier alpha value is -2.61. The minimum atomic E-state index is -4.16. The molecule has 0 fully saturated rings. The number of sulfonamides is 1. The summed E-state index contributed by atoms with van der Waals surface area (Å²) in [4.78, 5) is 10.7. The average Bonchev–Trinajstić information content (AvgIpc) is 2.48. The Balaban J connectivity index is 2.45. The van der Waals surface area contributed by atoms with Crippen molar-refractivity contribution in [3.63, 3.8) is 0 Å². The van der Waals surface area contributed by atoms with Crippen LogP contribution in [0.2, 0.25) is 0 Å². The lowest BCUT2D eigenvalue weighted by Gasteiger charge is -2.14. The van der Waals surface area contributed by atoms with Crippen molar-refractivity contribution < 1.29 is 22.3 Å². The summed E-state index contributed by atoms with van der Waals surface area (Å²) < 4.78 is 45.7. The first-order chi connectivity index (χ1) is 10.8. The molecule has 0 radical (unpaired) electrons. The quantitative estimate of drug-likeness (QED) is 0.877. The van der Waals surface area contributed by atoms with E-state index < -0.39 is 20.7 Å². The summed E-state index contributed by atoms with van der Waals surface area (Å²) in [6.07, 6.45) is 0. The van der Waals surface area contributed by atoms with Crippen LogP contribution in [0.4, 0.5) is 15.8 Å². The Morgan fingerprint density at radius 3 is 2.43 bits per heavy atom. The molecule has 0 aliphatic heterocycles. The van der Waals surface area contributed by atoms with Crippen LogP contribution < -0.4 is 14.8 Å². The van der Waals surface area contributed by atoms with Crippen molar-refractivity contribution in [2.24, 2.45) is 0 Å². The van der Waals surface area contributed by atoms with E-state index in [1.807, 2.05) is 0 Å². The zero-order valence-corrected chi connectivity index (χ0v) is 13.3. The van der Waals surface area contributed by atoms with Gasteiger partial charge in [0.05, 0.1) is 18.5 Å². The molecule has 2 aromatic rings. The molecule has 2 N–H and O–H groups in total. The standard InChI is InChI=1S/C15H15FN2O4S/c1-10(19)17-13-8-7-11(22-2)9-14(13)18-23(20,21)15-6-4-3-5-12(15)16/h3-9,18H,1-2H3,(H,17,19). The van der Waals surface area contributed by atoms with E-state index in [2.05, 4.69) is 10.0 Å². The van der Waals surface area contributed by atoms with E-state index in [1.165, 1.54) is 38.3 Å². The number of benzene rings is 2. The lowest BCUT2D eigenvalue weighted by Crippen LogP contribution is -2.17. The summed E-state index contributed by atoms with van der Waals surface area (Å²) in [6.45, 7) is 1.29. The molecule has 0 saturated carbocycles. The van der Waals surface area contributed by atoms with Crippen LogP contribution in [0.3, 0.4) is 0 Å². The number of anilines is 2. The second-order valence-corrected chi connectivity index (χ2v) is 6.28. The first-order valence-corrected chi connectivity index (χ1v) is 8.05. The molecule has 2 aromatic carbocycles. The van der Waals surface area contributed by atoms with Gasteiger partial charge in [0, 0.05) is 13.0 Å². The molecule has 0 unspecified atom stereocenters. The molecule has 23 heavy (non-hydrogen) atoms. The summed E-state index contributed by atoms with van der Waals surface area (Å²) in [5.74, 6) is -0.865. The maximum Gasteiger partial charge on any atom is 0.264 e. The van der Waals surface area contributed by atoms with Crippen molar-refractivity contribution in [3.05, 3.63) is 48.3 Å². The zero-order chi connectivity index (χ0) is 17.0. The summed E-state index contributed by atoms with van der Waals surface area (Å²) in [5.41, 5.74) is 0.306. The molecular weight excluding hydrogens is 323 g/mol. The predicted octanol–water partition coefficient (Wildman–Crippen LogP) is 2.59. The van der Waals surface area contributed by atoms with Crippen LogP contribution in [0.15, 0.2) is 47.4 Å². The van der Waals surface area contributed by atoms with Crippen LogP contribution in [0.1, 0.15) is 6.92 Å². The van der Waals surface area contributed by atoms with E-state index >= 15 is 0 Å². The smallest absolute Gasteiger partial charge is 0.264 e. The Bertz CT molecular complexity index is 837. The van der Waals surface area contributed by atoms with Gasteiger partial charge in [0.25, 0.3) is 10.0 Å². The number of hydrogen-bond donors (Lipinski definition) is 2.